The highest BCUT2D eigenvalue weighted by Gasteiger charge is 2.19. The van der Waals surface area contributed by atoms with Crippen molar-refractivity contribution in [2.24, 2.45) is 13.0 Å². The molecule has 0 aliphatic rings. The lowest BCUT2D eigenvalue weighted by atomic mass is 9.92. The average Bonchev–Trinajstić information content (AvgIpc) is 2.57. The molecule has 2 unspecified atom stereocenters. The van der Waals surface area contributed by atoms with Gasteiger partial charge in [0.1, 0.15) is 5.15 Å². The zero-order valence-electron chi connectivity index (χ0n) is 12.3. The summed E-state index contributed by atoms with van der Waals surface area (Å²) in [6.45, 7) is 9.85. The molecule has 0 bridgehead atoms. The van der Waals surface area contributed by atoms with E-state index >= 15 is 0 Å². The Morgan fingerprint density at radius 1 is 1.39 bits per heavy atom. The Morgan fingerprint density at radius 2 is 2.06 bits per heavy atom. The molecular formula is C14H26ClN3. The van der Waals surface area contributed by atoms with Gasteiger partial charge in [-0.2, -0.15) is 5.10 Å². The van der Waals surface area contributed by atoms with Crippen LogP contribution >= 0.6 is 11.6 Å². The van der Waals surface area contributed by atoms with Gasteiger partial charge in [0.05, 0.1) is 5.69 Å². The molecule has 0 saturated carbocycles. The monoisotopic (exact) mass is 271 g/mol. The van der Waals surface area contributed by atoms with Gasteiger partial charge < -0.3 is 5.32 Å². The minimum Gasteiger partial charge on any atom is -0.314 e. The van der Waals surface area contributed by atoms with Crippen molar-refractivity contribution in [3.63, 3.8) is 0 Å². The van der Waals surface area contributed by atoms with E-state index in [2.05, 4.69) is 31.2 Å². The summed E-state index contributed by atoms with van der Waals surface area (Å²) >= 11 is 6.29. The Bertz CT molecular complexity index is 373. The summed E-state index contributed by atoms with van der Waals surface area (Å²) in [5.74, 6) is 0.571. The average molecular weight is 272 g/mol. The van der Waals surface area contributed by atoms with Gasteiger partial charge in [-0.1, -0.05) is 32.4 Å². The Morgan fingerprint density at radius 3 is 2.50 bits per heavy atom. The quantitative estimate of drug-likeness (QED) is 0.824. The first-order chi connectivity index (χ1) is 8.51. The van der Waals surface area contributed by atoms with Gasteiger partial charge in [-0.15, -0.1) is 0 Å². The summed E-state index contributed by atoms with van der Waals surface area (Å²) < 4.78 is 1.76. The first kappa shape index (κ1) is 15.5. The summed E-state index contributed by atoms with van der Waals surface area (Å²) in [5, 5.41) is 8.77. The summed E-state index contributed by atoms with van der Waals surface area (Å²) in [6.07, 6.45) is 3.32. The Balaban J connectivity index is 2.70. The highest BCUT2D eigenvalue weighted by atomic mass is 35.5. The topological polar surface area (TPSA) is 29.9 Å². The second kappa shape index (κ2) is 7.15. The first-order valence-electron chi connectivity index (χ1n) is 6.92. The van der Waals surface area contributed by atoms with Crippen molar-refractivity contribution >= 4 is 11.6 Å². The Labute approximate surface area is 116 Å². The molecule has 104 valence electrons. The van der Waals surface area contributed by atoms with Crippen LogP contribution in [0.15, 0.2) is 0 Å². The number of halogens is 1. The van der Waals surface area contributed by atoms with Gasteiger partial charge in [-0.05, 0) is 38.6 Å². The summed E-state index contributed by atoms with van der Waals surface area (Å²) in [4.78, 5) is 0. The molecule has 0 radical (unpaired) electrons. The second-order valence-electron chi connectivity index (χ2n) is 5.13. The molecule has 4 heteroatoms. The van der Waals surface area contributed by atoms with Gasteiger partial charge in [0.15, 0.2) is 0 Å². The largest absolute Gasteiger partial charge is 0.314 e. The zero-order chi connectivity index (χ0) is 13.7. The molecule has 0 amide bonds. The number of aryl methyl sites for hydroxylation is 2. The third-order valence-corrected chi connectivity index (χ3v) is 4.05. The van der Waals surface area contributed by atoms with Gasteiger partial charge in [0.25, 0.3) is 0 Å². The lowest BCUT2D eigenvalue weighted by Crippen LogP contribution is -2.35. The maximum absolute atomic E-state index is 6.29. The number of hydrogen-bond acceptors (Lipinski definition) is 2. The molecule has 1 aromatic rings. The predicted octanol–water partition coefficient (Wildman–Crippen LogP) is 3.34. The lowest BCUT2D eigenvalue weighted by Gasteiger charge is -2.24. The van der Waals surface area contributed by atoms with Crippen LogP contribution in [0, 0.1) is 12.8 Å². The number of nitrogens with zero attached hydrogens (tertiary/aromatic N) is 2. The zero-order valence-corrected chi connectivity index (χ0v) is 13.0. The third-order valence-electron chi connectivity index (χ3n) is 3.58. The highest BCUT2D eigenvalue weighted by molar-refractivity contribution is 6.30. The molecule has 2 atom stereocenters. The minimum atomic E-state index is 0.556. The molecule has 1 rings (SSSR count). The molecule has 1 heterocycles. The van der Waals surface area contributed by atoms with E-state index in [1.54, 1.807) is 4.68 Å². The van der Waals surface area contributed by atoms with Crippen LogP contribution in [0.5, 0.6) is 0 Å². The fourth-order valence-corrected chi connectivity index (χ4v) is 2.70. The highest BCUT2D eigenvalue weighted by Crippen LogP contribution is 2.24. The molecule has 0 saturated heterocycles. The maximum atomic E-state index is 6.29. The van der Waals surface area contributed by atoms with Gasteiger partial charge in [0, 0.05) is 18.7 Å². The number of nitrogens with one attached hydrogen (secondary N) is 1. The van der Waals surface area contributed by atoms with Crippen LogP contribution in [0.4, 0.5) is 0 Å². The molecule has 0 aliphatic carbocycles. The van der Waals surface area contributed by atoms with Crippen LogP contribution in [0.25, 0.3) is 0 Å². The van der Waals surface area contributed by atoms with E-state index in [0.717, 1.165) is 30.2 Å². The first-order valence-corrected chi connectivity index (χ1v) is 7.30. The van der Waals surface area contributed by atoms with Crippen molar-refractivity contribution in [3.8, 4) is 0 Å². The fourth-order valence-electron chi connectivity index (χ4n) is 2.45. The molecule has 1 aromatic heterocycles. The number of aromatic nitrogens is 2. The molecule has 0 fully saturated rings. The molecule has 1 N–H and O–H groups in total. The lowest BCUT2D eigenvalue weighted by molar-refractivity contribution is 0.364. The standard InChI is InChI=1S/C14H26ClN3/c1-6-8-16-13(7-2)10(3)9-12-11(4)17-18(5)14(12)15/h10,13,16H,6-9H2,1-5H3. The van der Waals surface area contributed by atoms with E-state index in [-0.39, 0.29) is 0 Å². The van der Waals surface area contributed by atoms with E-state index in [4.69, 9.17) is 11.6 Å². The van der Waals surface area contributed by atoms with Crippen molar-refractivity contribution in [2.45, 2.75) is 53.0 Å². The summed E-state index contributed by atoms with van der Waals surface area (Å²) in [5.41, 5.74) is 2.25. The van der Waals surface area contributed by atoms with E-state index < -0.39 is 0 Å². The van der Waals surface area contributed by atoms with Crippen molar-refractivity contribution in [3.05, 3.63) is 16.4 Å². The predicted molar refractivity (Wildman–Crippen MR) is 78.2 cm³/mol. The van der Waals surface area contributed by atoms with Crippen LogP contribution in [-0.2, 0) is 13.5 Å². The van der Waals surface area contributed by atoms with Crippen molar-refractivity contribution in [1.29, 1.82) is 0 Å². The van der Waals surface area contributed by atoms with Crippen LogP contribution in [0.2, 0.25) is 5.15 Å². The molecule has 0 aromatic carbocycles. The van der Waals surface area contributed by atoms with E-state index in [1.165, 1.54) is 12.0 Å². The van der Waals surface area contributed by atoms with Crippen LogP contribution in [0.1, 0.15) is 44.9 Å². The molecular weight excluding hydrogens is 246 g/mol. The molecule has 18 heavy (non-hydrogen) atoms. The molecule has 3 nitrogen and oxygen atoms in total. The van der Waals surface area contributed by atoms with Crippen LogP contribution in [-0.4, -0.2) is 22.4 Å². The van der Waals surface area contributed by atoms with Gasteiger partial charge in [-0.25, -0.2) is 0 Å². The smallest absolute Gasteiger partial charge is 0.130 e. The molecule has 0 spiro atoms. The number of rotatable bonds is 7. The van der Waals surface area contributed by atoms with Crippen LogP contribution in [0.3, 0.4) is 0 Å². The SMILES string of the molecule is CCCNC(CC)C(C)Cc1c(C)nn(C)c1Cl. The van der Waals surface area contributed by atoms with E-state index in [1.807, 2.05) is 14.0 Å². The second-order valence-corrected chi connectivity index (χ2v) is 5.49. The Kier molecular flexibility index (Phi) is 6.16. The van der Waals surface area contributed by atoms with Gasteiger partial charge >= 0.3 is 0 Å². The van der Waals surface area contributed by atoms with E-state index in [9.17, 15) is 0 Å². The van der Waals surface area contributed by atoms with Crippen molar-refractivity contribution in [1.82, 2.24) is 15.1 Å². The minimum absolute atomic E-state index is 0.556. The summed E-state index contributed by atoms with van der Waals surface area (Å²) in [6, 6.07) is 0.556. The van der Waals surface area contributed by atoms with Gasteiger partial charge in [-0.3, -0.25) is 4.68 Å². The van der Waals surface area contributed by atoms with Crippen LogP contribution < -0.4 is 5.32 Å². The molecule has 0 aliphatic heterocycles. The fraction of sp³-hybridized carbons (Fsp3) is 0.786. The summed E-state index contributed by atoms with van der Waals surface area (Å²) in [7, 11) is 1.90. The van der Waals surface area contributed by atoms with Gasteiger partial charge in [0.2, 0.25) is 0 Å². The maximum Gasteiger partial charge on any atom is 0.130 e. The van der Waals surface area contributed by atoms with Crippen molar-refractivity contribution < 1.29 is 0 Å². The Hall–Kier alpha value is -0.540. The third kappa shape index (κ3) is 3.72. The van der Waals surface area contributed by atoms with E-state index in [0.29, 0.717) is 12.0 Å². The van der Waals surface area contributed by atoms with Crippen molar-refractivity contribution in [2.75, 3.05) is 6.54 Å². The normalized spacial score (nSPS) is 14.8. The number of hydrogen-bond donors (Lipinski definition) is 1.